The van der Waals surface area contributed by atoms with E-state index in [0.717, 1.165) is 11.3 Å². The summed E-state index contributed by atoms with van der Waals surface area (Å²) in [5.41, 5.74) is 1.04. The summed E-state index contributed by atoms with van der Waals surface area (Å²) in [6, 6.07) is 7.60. The number of nitrogens with one attached hydrogen (secondary N) is 1. The molecule has 0 radical (unpaired) electrons. The van der Waals surface area contributed by atoms with Gasteiger partial charge in [-0.1, -0.05) is 12.1 Å². The summed E-state index contributed by atoms with van der Waals surface area (Å²) in [4.78, 5) is 24.9. The van der Waals surface area contributed by atoms with Crippen LogP contribution in [0.4, 0.5) is 0 Å². The number of hydrogen-bond donors (Lipinski definition) is 1. The minimum Gasteiger partial charge on any atom is -0.497 e. The lowest BCUT2D eigenvalue weighted by Gasteiger charge is -2.20. The Hall–Kier alpha value is -2.04. The molecule has 102 valence electrons. The topological polar surface area (TPSA) is 58.6 Å². The molecule has 0 aliphatic carbocycles. The molecular formula is C14H18N2O3. The Bertz CT molecular complexity index is 470. The van der Waals surface area contributed by atoms with Crippen molar-refractivity contribution in [2.45, 2.75) is 13.0 Å². The van der Waals surface area contributed by atoms with E-state index in [9.17, 15) is 9.59 Å². The number of carbonyl (C=O) groups is 2. The third-order valence-corrected chi connectivity index (χ3v) is 3.28. The second-order valence-electron chi connectivity index (χ2n) is 4.75. The van der Waals surface area contributed by atoms with Gasteiger partial charge in [-0.05, 0) is 17.7 Å². The molecule has 0 spiro atoms. The first-order chi connectivity index (χ1) is 9.10. The number of benzene rings is 1. The zero-order chi connectivity index (χ0) is 13.8. The Labute approximate surface area is 112 Å². The molecule has 2 amide bonds. The van der Waals surface area contributed by atoms with Crippen LogP contribution in [0.3, 0.4) is 0 Å². The van der Waals surface area contributed by atoms with Gasteiger partial charge in [0.2, 0.25) is 11.8 Å². The Balaban J connectivity index is 1.94. The summed E-state index contributed by atoms with van der Waals surface area (Å²) in [7, 11) is 3.38. The fourth-order valence-electron chi connectivity index (χ4n) is 2.17. The number of methoxy groups -OCH3 is 1. The van der Waals surface area contributed by atoms with Gasteiger partial charge in [-0.25, -0.2) is 0 Å². The van der Waals surface area contributed by atoms with E-state index in [2.05, 4.69) is 5.32 Å². The summed E-state index contributed by atoms with van der Waals surface area (Å²) < 4.78 is 5.09. The van der Waals surface area contributed by atoms with Gasteiger partial charge in [0.15, 0.2) is 0 Å². The Morgan fingerprint density at radius 2 is 2.11 bits per heavy atom. The minimum absolute atomic E-state index is 0.00849. The van der Waals surface area contributed by atoms with E-state index in [1.807, 2.05) is 24.3 Å². The van der Waals surface area contributed by atoms with Crippen LogP contribution in [-0.4, -0.2) is 37.4 Å². The van der Waals surface area contributed by atoms with Crippen molar-refractivity contribution in [3.05, 3.63) is 29.8 Å². The fraction of sp³-hybridized carbons (Fsp3) is 0.429. The van der Waals surface area contributed by atoms with E-state index in [4.69, 9.17) is 4.74 Å². The monoisotopic (exact) mass is 262 g/mol. The lowest BCUT2D eigenvalue weighted by molar-refractivity contribution is -0.135. The zero-order valence-corrected chi connectivity index (χ0v) is 11.2. The first-order valence-electron chi connectivity index (χ1n) is 6.24. The van der Waals surface area contributed by atoms with Crippen LogP contribution in [0, 0.1) is 5.92 Å². The first kappa shape index (κ1) is 13.4. The third kappa shape index (κ3) is 3.24. The van der Waals surface area contributed by atoms with Crippen molar-refractivity contribution < 1.29 is 14.3 Å². The summed E-state index contributed by atoms with van der Waals surface area (Å²) in [6.07, 6.45) is 0.297. The van der Waals surface area contributed by atoms with E-state index in [-0.39, 0.29) is 17.7 Å². The maximum absolute atomic E-state index is 12.1. The standard InChI is InChI=1S/C14H18N2O3/c1-16(14(18)11-7-13(17)15-8-11)9-10-3-5-12(19-2)6-4-10/h3-6,11H,7-9H2,1-2H3,(H,15,17). The van der Waals surface area contributed by atoms with Crippen LogP contribution in [-0.2, 0) is 16.1 Å². The van der Waals surface area contributed by atoms with Gasteiger partial charge in [-0.3, -0.25) is 9.59 Å². The van der Waals surface area contributed by atoms with Crippen molar-refractivity contribution in [1.29, 1.82) is 0 Å². The third-order valence-electron chi connectivity index (χ3n) is 3.28. The predicted octanol–water partition coefficient (Wildman–Crippen LogP) is 0.790. The molecule has 2 rings (SSSR count). The molecule has 0 bridgehead atoms. The highest BCUT2D eigenvalue weighted by Crippen LogP contribution is 2.16. The number of hydrogen-bond acceptors (Lipinski definition) is 3. The van der Waals surface area contributed by atoms with Gasteiger partial charge in [0.05, 0.1) is 13.0 Å². The molecule has 1 atom stereocenters. The molecule has 1 N–H and O–H groups in total. The molecule has 1 aromatic rings. The quantitative estimate of drug-likeness (QED) is 0.872. The molecule has 1 aliphatic heterocycles. The minimum atomic E-state index is -0.226. The SMILES string of the molecule is COc1ccc(CN(C)C(=O)C2CNC(=O)C2)cc1. The predicted molar refractivity (Wildman–Crippen MR) is 70.6 cm³/mol. The average molecular weight is 262 g/mol. The largest absolute Gasteiger partial charge is 0.497 e. The summed E-state index contributed by atoms with van der Waals surface area (Å²) in [6.45, 7) is 0.984. The van der Waals surface area contributed by atoms with Gasteiger partial charge in [0.1, 0.15) is 5.75 Å². The highest BCUT2D eigenvalue weighted by Gasteiger charge is 2.29. The van der Waals surface area contributed by atoms with Crippen LogP contribution in [0.5, 0.6) is 5.75 Å². The lowest BCUT2D eigenvalue weighted by Crippen LogP contribution is -2.33. The molecule has 0 aromatic heterocycles. The maximum atomic E-state index is 12.1. The van der Waals surface area contributed by atoms with Crippen LogP contribution in [0.15, 0.2) is 24.3 Å². The second-order valence-corrected chi connectivity index (χ2v) is 4.75. The van der Waals surface area contributed by atoms with Crippen molar-refractivity contribution >= 4 is 11.8 Å². The lowest BCUT2D eigenvalue weighted by atomic mass is 10.1. The summed E-state index contributed by atoms with van der Waals surface area (Å²) in [5, 5.41) is 2.68. The number of nitrogens with zero attached hydrogens (tertiary/aromatic N) is 1. The number of carbonyl (C=O) groups excluding carboxylic acids is 2. The van der Waals surface area contributed by atoms with Crippen molar-refractivity contribution in [1.82, 2.24) is 10.2 Å². The van der Waals surface area contributed by atoms with Crippen LogP contribution in [0.25, 0.3) is 0 Å². The van der Waals surface area contributed by atoms with Crippen LogP contribution in [0.2, 0.25) is 0 Å². The van der Waals surface area contributed by atoms with E-state index < -0.39 is 0 Å². The highest BCUT2D eigenvalue weighted by atomic mass is 16.5. The Morgan fingerprint density at radius 3 is 2.63 bits per heavy atom. The molecule has 5 nitrogen and oxygen atoms in total. The first-order valence-corrected chi connectivity index (χ1v) is 6.24. The van der Waals surface area contributed by atoms with Crippen molar-refractivity contribution in [2.24, 2.45) is 5.92 Å². The fourth-order valence-corrected chi connectivity index (χ4v) is 2.17. The van der Waals surface area contributed by atoms with E-state index in [0.29, 0.717) is 19.5 Å². The van der Waals surface area contributed by atoms with E-state index in [1.165, 1.54) is 0 Å². The smallest absolute Gasteiger partial charge is 0.228 e. The molecule has 5 heteroatoms. The average Bonchev–Trinajstić information content (AvgIpc) is 2.85. The van der Waals surface area contributed by atoms with Gasteiger partial charge in [-0.15, -0.1) is 0 Å². The van der Waals surface area contributed by atoms with Crippen LogP contribution >= 0.6 is 0 Å². The van der Waals surface area contributed by atoms with Gasteiger partial charge in [-0.2, -0.15) is 0 Å². The molecule has 1 aromatic carbocycles. The van der Waals surface area contributed by atoms with Crippen LogP contribution in [0.1, 0.15) is 12.0 Å². The number of ether oxygens (including phenoxy) is 1. The summed E-state index contributed by atoms with van der Waals surface area (Å²) in [5.74, 6) is 0.532. The van der Waals surface area contributed by atoms with Gasteiger partial charge >= 0.3 is 0 Å². The molecule has 1 aliphatic rings. The summed E-state index contributed by atoms with van der Waals surface area (Å²) >= 11 is 0. The molecular weight excluding hydrogens is 244 g/mol. The van der Waals surface area contributed by atoms with Gasteiger partial charge < -0.3 is 15.0 Å². The Morgan fingerprint density at radius 1 is 1.42 bits per heavy atom. The molecule has 0 saturated carbocycles. The molecule has 19 heavy (non-hydrogen) atoms. The molecule has 1 fully saturated rings. The number of amides is 2. The molecule has 1 unspecified atom stereocenters. The van der Waals surface area contributed by atoms with Crippen molar-refractivity contribution in [3.63, 3.8) is 0 Å². The zero-order valence-electron chi connectivity index (χ0n) is 11.2. The highest BCUT2D eigenvalue weighted by molar-refractivity contribution is 5.89. The van der Waals surface area contributed by atoms with Crippen molar-refractivity contribution in [2.75, 3.05) is 20.7 Å². The maximum Gasteiger partial charge on any atom is 0.228 e. The van der Waals surface area contributed by atoms with Crippen LogP contribution < -0.4 is 10.1 Å². The molecule has 1 heterocycles. The van der Waals surface area contributed by atoms with E-state index in [1.54, 1.807) is 19.1 Å². The Kier molecular flexibility index (Phi) is 4.04. The van der Waals surface area contributed by atoms with E-state index >= 15 is 0 Å². The number of rotatable bonds is 4. The van der Waals surface area contributed by atoms with Gasteiger partial charge in [0.25, 0.3) is 0 Å². The van der Waals surface area contributed by atoms with Crippen molar-refractivity contribution in [3.8, 4) is 5.75 Å². The van der Waals surface area contributed by atoms with Gasteiger partial charge in [0, 0.05) is 26.6 Å². The second kappa shape index (κ2) is 5.73. The normalized spacial score (nSPS) is 18.0. The molecule has 1 saturated heterocycles.